The molecule has 1 aliphatic heterocycles. The molecular weight excluding hydrogens is 282 g/mol. The van der Waals surface area contributed by atoms with Crippen LogP contribution in [-0.4, -0.2) is 31.8 Å². The predicted octanol–water partition coefficient (Wildman–Crippen LogP) is 0.328. The summed E-state index contributed by atoms with van der Waals surface area (Å²) in [7, 11) is 1.71. The van der Waals surface area contributed by atoms with E-state index in [9.17, 15) is 9.59 Å². The van der Waals surface area contributed by atoms with Gasteiger partial charge in [0.1, 0.15) is 5.82 Å². The summed E-state index contributed by atoms with van der Waals surface area (Å²) >= 11 is 0. The van der Waals surface area contributed by atoms with Crippen molar-refractivity contribution in [3.05, 3.63) is 26.7 Å². The van der Waals surface area contributed by atoms with Gasteiger partial charge in [-0.25, -0.2) is 9.78 Å². The van der Waals surface area contributed by atoms with Crippen LogP contribution >= 0.6 is 0 Å². The van der Waals surface area contributed by atoms with Crippen molar-refractivity contribution in [1.82, 2.24) is 24.0 Å². The lowest BCUT2D eigenvalue weighted by atomic mass is 10.2. The van der Waals surface area contributed by atoms with Crippen LogP contribution in [0.2, 0.25) is 0 Å². The Labute approximate surface area is 127 Å². The molecule has 0 aromatic carbocycles. The maximum atomic E-state index is 13.0. The van der Waals surface area contributed by atoms with Gasteiger partial charge in [-0.15, -0.1) is 0 Å². The van der Waals surface area contributed by atoms with Gasteiger partial charge >= 0.3 is 5.69 Å². The molecule has 0 spiro atoms. The summed E-state index contributed by atoms with van der Waals surface area (Å²) < 4.78 is 4.97. The van der Waals surface area contributed by atoms with Crippen molar-refractivity contribution in [2.45, 2.75) is 44.7 Å². The van der Waals surface area contributed by atoms with E-state index in [-0.39, 0.29) is 17.3 Å². The Balaban J connectivity index is 2.06. The van der Waals surface area contributed by atoms with Gasteiger partial charge in [0, 0.05) is 26.1 Å². The maximum Gasteiger partial charge on any atom is 0.332 e. The fourth-order valence-electron chi connectivity index (χ4n) is 3.51. The molecule has 3 heterocycles. The highest BCUT2D eigenvalue weighted by atomic mass is 16.2. The normalized spacial score (nSPS) is 21.8. The third-order valence-electron chi connectivity index (χ3n) is 4.87. The highest BCUT2D eigenvalue weighted by Gasteiger charge is 2.32. The maximum absolute atomic E-state index is 13.0. The number of hydrogen-bond acceptors (Lipinski definition) is 4. The van der Waals surface area contributed by atoms with Crippen molar-refractivity contribution in [2.75, 3.05) is 13.1 Å². The van der Waals surface area contributed by atoms with Crippen LogP contribution in [-0.2, 0) is 13.6 Å². The molecule has 1 atom stereocenters. The first kappa shape index (κ1) is 13.8. The van der Waals surface area contributed by atoms with Crippen molar-refractivity contribution in [2.24, 2.45) is 7.05 Å². The molecule has 7 heteroatoms. The molecule has 22 heavy (non-hydrogen) atoms. The summed E-state index contributed by atoms with van der Waals surface area (Å²) in [6.07, 6.45) is 3.06. The van der Waals surface area contributed by atoms with Gasteiger partial charge < -0.3 is 9.88 Å². The van der Waals surface area contributed by atoms with Crippen molar-refractivity contribution in [3.8, 4) is 0 Å². The Bertz CT molecular complexity index is 849. The Morgan fingerprint density at radius 2 is 2.05 bits per heavy atom. The summed E-state index contributed by atoms with van der Waals surface area (Å²) in [5.41, 5.74) is 0.668. The average Bonchev–Trinajstić information content (AvgIpc) is 3.07. The van der Waals surface area contributed by atoms with Gasteiger partial charge in [-0.05, 0) is 32.7 Å². The fraction of sp³-hybridized carbons (Fsp3) is 0.667. The van der Waals surface area contributed by atoms with E-state index < -0.39 is 0 Å². The Morgan fingerprint density at radius 1 is 1.27 bits per heavy atom. The molecular formula is C15H21N5O2. The molecule has 1 aliphatic carbocycles. The van der Waals surface area contributed by atoms with Crippen molar-refractivity contribution in [1.29, 1.82) is 0 Å². The lowest BCUT2D eigenvalue weighted by Crippen LogP contribution is -2.42. The number of imidazole rings is 1. The van der Waals surface area contributed by atoms with E-state index in [2.05, 4.69) is 10.3 Å². The number of aromatic nitrogens is 4. The van der Waals surface area contributed by atoms with Gasteiger partial charge in [-0.2, -0.15) is 0 Å². The summed E-state index contributed by atoms with van der Waals surface area (Å²) in [6, 6.07) is -0.0554. The lowest BCUT2D eigenvalue weighted by Gasteiger charge is -2.14. The summed E-state index contributed by atoms with van der Waals surface area (Å²) in [4.78, 5) is 30.3. The van der Waals surface area contributed by atoms with Gasteiger partial charge in [0.05, 0.1) is 6.04 Å². The molecule has 2 aromatic heterocycles. The van der Waals surface area contributed by atoms with Gasteiger partial charge in [0.25, 0.3) is 5.56 Å². The van der Waals surface area contributed by atoms with Crippen LogP contribution in [0.5, 0.6) is 0 Å². The minimum absolute atomic E-state index is 0.0554. The monoisotopic (exact) mass is 303 g/mol. The predicted molar refractivity (Wildman–Crippen MR) is 83.4 cm³/mol. The second-order valence-electron chi connectivity index (χ2n) is 6.32. The van der Waals surface area contributed by atoms with Crippen LogP contribution < -0.4 is 16.6 Å². The zero-order valence-electron chi connectivity index (χ0n) is 13.0. The highest BCUT2D eigenvalue weighted by molar-refractivity contribution is 5.71. The van der Waals surface area contributed by atoms with E-state index in [1.807, 2.05) is 11.5 Å². The molecule has 2 aromatic rings. The van der Waals surface area contributed by atoms with Crippen LogP contribution in [0.4, 0.5) is 0 Å². The van der Waals surface area contributed by atoms with Crippen LogP contribution in [0.1, 0.15) is 44.0 Å². The second kappa shape index (κ2) is 4.81. The number of nitrogens with one attached hydrogen (secondary N) is 1. The van der Waals surface area contributed by atoms with Gasteiger partial charge in [-0.1, -0.05) is 0 Å². The molecule has 2 aliphatic rings. The van der Waals surface area contributed by atoms with Crippen LogP contribution in [0.3, 0.4) is 0 Å². The van der Waals surface area contributed by atoms with E-state index >= 15 is 0 Å². The molecule has 1 saturated carbocycles. The standard InChI is InChI=1S/C15H21N5O2/c1-3-19-11-13(17-12(19)9-4-5-9)18(2)15(22)20(14(11)21)10-6-7-16-8-10/h9-10,16H,3-8H2,1-2H3. The van der Waals surface area contributed by atoms with Crippen molar-refractivity contribution in [3.63, 3.8) is 0 Å². The third-order valence-corrected chi connectivity index (χ3v) is 4.87. The SMILES string of the molecule is CCn1c(C2CC2)nc2c1c(=O)n(C1CCNC1)c(=O)n2C. The first-order valence-electron chi connectivity index (χ1n) is 8.05. The molecule has 1 unspecified atom stereocenters. The highest BCUT2D eigenvalue weighted by Crippen LogP contribution is 2.40. The van der Waals surface area contributed by atoms with Crippen LogP contribution in [0, 0.1) is 0 Å². The summed E-state index contributed by atoms with van der Waals surface area (Å²) in [6.45, 7) is 4.26. The molecule has 1 saturated heterocycles. The first-order chi connectivity index (χ1) is 10.6. The Kier molecular flexibility index (Phi) is 3.00. The Morgan fingerprint density at radius 3 is 2.64 bits per heavy atom. The summed E-state index contributed by atoms with van der Waals surface area (Å²) in [5, 5.41) is 3.22. The number of aryl methyl sites for hydroxylation is 2. The van der Waals surface area contributed by atoms with Gasteiger partial charge in [-0.3, -0.25) is 13.9 Å². The van der Waals surface area contributed by atoms with Gasteiger partial charge in [0.2, 0.25) is 0 Å². The van der Waals surface area contributed by atoms with E-state index in [4.69, 9.17) is 0 Å². The van der Waals surface area contributed by atoms with Crippen LogP contribution in [0.15, 0.2) is 9.59 Å². The van der Waals surface area contributed by atoms with Crippen molar-refractivity contribution < 1.29 is 0 Å². The third kappa shape index (κ3) is 1.81. The van der Waals surface area contributed by atoms with E-state index in [1.165, 1.54) is 9.13 Å². The smallest absolute Gasteiger partial charge is 0.322 e. The van der Waals surface area contributed by atoms with Crippen LogP contribution in [0.25, 0.3) is 11.2 Å². The fourth-order valence-corrected chi connectivity index (χ4v) is 3.51. The molecule has 0 bridgehead atoms. The molecule has 0 radical (unpaired) electrons. The number of nitrogens with zero attached hydrogens (tertiary/aromatic N) is 4. The second-order valence-corrected chi connectivity index (χ2v) is 6.32. The average molecular weight is 303 g/mol. The largest absolute Gasteiger partial charge is 0.332 e. The minimum Gasteiger partial charge on any atom is -0.322 e. The zero-order chi connectivity index (χ0) is 15.4. The number of fused-ring (bicyclic) bond motifs is 1. The van der Waals surface area contributed by atoms with E-state index in [0.717, 1.165) is 31.6 Å². The molecule has 4 rings (SSSR count). The molecule has 0 amide bonds. The molecule has 7 nitrogen and oxygen atoms in total. The minimum atomic E-state index is -0.255. The van der Waals surface area contributed by atoms with Gasteiger partial charge in [0.15, 0.2) is 11.2 Å². The van der Waals surface area contributed by atoms with Crippen molar-refractivity contribution >= 4 is 11.2 Å². The van der Waals surface area contributed by atoms with E-state index in [0.29, 0.717) is 30.2 Å². The molecule has 2 fully saturated rings. The summed E-state index contributed by atoms with van der Waals surface area (Å²) in [5.74, 6) is 1.41. The molecule has 118 valence electrons. The quantitative estimate of drug-likeness (QED) is 0.887. The molecule has 1 N–H and O–H groups in total. The van der Waals surface area contributed by atoms with E-state index in [1.54, 1.807) is 7.05 Å². The Hall–Kier alpha value is -1.89. The zero-order valence-corrected chi connectivity index (χ0v) is 13.0. The number of rotatable bonds is 3. The lowest BCUT2D eigenvalue weighted by molar-refractivity contribution is 0.491. The topological polar surface area (TPSA) is 73.8 Å². The number of hydrogen-bond donors (Lipinski definition) is 1. The first-order valence-corrected chi connectivity index (χ1v) is 8.05.